The van der Waals surface area contributed by atoms with Gasteiger partial charge in [-0.1, -0.05) is 91.2 Å². The van der Waals surface area contributed by atoms with Gasteiger partial charge in [0.25, 0.3) is 0 Å². The van der Waals surface area contributed by atoms with E-state index in [1.54, 1.807) is 19.5 Å². The van der Waals surface area contributed by atoms with E-state index >= 15 is 0 Å². The number of fused-ring (bicyclic) bond motifs is 8. The maximum Gasteiger partial charge on any atom is 0.240 e. The predicted molar refractivity (Wildman–Crippen MR) is 353 cm³/mol. The third-order valence-corrected chi connectivity index (χ3v) is 20.3. The molecule has 3 saturated heterocycles. The quantitative estimate of drug-likeness (QED) is 0.0632. The molecule has 3 aromatic carbocycles. The number of rotatable bonds is 10. The zero-order valence-electron chi connectivity index (χ0n) is 53.3. The molecule has 14 rings (SSSR count). The molecule has 17 heteroatoms. The average molecular weight is 1540 g/mol. The van der Waals surface area contributed by atoms with Crippen LogP contribution >= 0.6 is 31.9 Å². The maximum absolute atomic E-state index is 13.4. The summed E-state index contributed by atoms with van der Waals surface area (Å²) in [5.41, 5.74) is 13.0. The average Bonchev–Trinajstić information content (AvgIpc) is 1.47. The number of hydrogen-bond donors (Lipinski definition) is 1. The Hall–Kier alpha value is -5.04. The zero-order valence-corrected chi connectivity index (χ0v) is 62.5. The number of ether oxygens (including phenoxy) is 1. The third kappa shape index (κ3) is 13.8. The summed E-state index contributed by atoms with van der Waals surface area (Å²) in [4.78, 5) is 48.2. The van der Waals surface area contributed by atoms with Crippen molar-refractivity contribution in [2.24, 2.45) is 11.8 Å². The number of methoxy groups -OCH3 is 1. The third-order valence-electron chi connectivity index (χ3n) is 18.7. The summed E-state index contributed by atoms with van der Waals surface area (Å²) in [6.45, 7) is 30.4. The molecule has 469 valence electrons. The second kappa shape index (κ2) is 28.3. The molecular weight excluding hydrogens is 1460 g/mol. The number of nitrogens with zero attached hydrogens (tertiary/aromatic N) is 8. The van der Waals surface area contributed by atoms with E-state index in [0.29, 0.717) is 24.7 Å². The smallest absolute Gasteiger partial charge is 0.240 e. The van der Waals surface area contributed by atoms with Crippen LogP contribution in [0.1, 0.15) is 133 Å². The fraction of sp³-hybridized carbons (Fsp3) is 0.370. The first kappa shape index (κ1) is 70.8. The van der Waals surface area contributed by atoms with E-state index in [9.17, 15) is 14.7 Å². The molecule has 3 unspecified atom stereocenters. The molecule has 1 N–H and O–H groups in total. The molecule has 2 bridgehead atoms. The minimum atomic E-state index is -0.571. The van der Waals surface area contributed by atoms with Gasteiger partial charge >= 0.3 is 0 Å². The predicted octanol–water partition coefficient (Wildman–Crippen LogP) is 8.07. The number of aliphatic hydroxyl groups excluding tert-OH is 1. The van der Waals surface area contributed by atoms with Gasteiger partial charge in [-0.15, -0.1) is 6.58 Å². The van der Waals surface area contributed by atoms with Gasteiger partial charge < -0.3 is 53.3 Å². The van der Waals surface area contributed by atoms with Crippen molar-refractivity contribution in [1.82, 2.24) is 19.9 Å². The summed E-state index contributed by atoms with van der Waals surface area (Å²) in [6, 6.07) is 35.5. The number of benzene rings is 3. The largest absolute Gasteiger partial charge is 1.00 e. The second-order valence-corrected chi connectivity index (χ2v) is 28.5. The topological polar surface area (TPSA) is 126 Å². The number of amides is 2. The van der Waals surface area contributed by atoms with Gasteiger partial charge in [0.1, 0.15) is 36.1 Å². The molecule has 5 aliphatic heterocycles. The molecular formula is C73H81Br4N8O4Y-. The number of anilines is 2. The summed E-state index contributed by atoms with van der Waals surface area (Å²) < 4.78 is 10.9. The number of hydrogen-bond acceptors (Lipinski definition) is 8. The minimum Gasteiger partial charge on any atom is -1.00 e. The van der Waals surface area contributed by atoms with Gasteiger partial charge in [0, 0.05) is 148 Å². The van der Waals surface area contributed by atoms with E-state index in [1.807, 2.05) is 87.1 Å². The maximum atomic E-state index is 13.4. The van der Waals surface area contributed by atoms with E-state index in [0.717, 1.165) is 126 Å². The van der Waals surface area contributed by atoms with Gasteiger partial charge in [0.05, 0.1) is 36.9 Å². The summed E-state index contributed by atoms with van der Waals surface area (Å²) >= 11 is 7.55. The number of quaternary nitrogens is 1. The molecule has 1 aliphatic carbocycles. The molecule has 10 heterocycles. The number of carbonyl (C=O) groups is 2. The standard InChI is InChI=1S/C35H38Br2N2O2.C19H21N3O.C19H22N3O.2BrH.Y/c1-4-24-21-39(22-27-18-28(41-3)10-12-32(27)37)16-14-25(24)19-34(39)35(40)30-13-15-38(33-8-6-5-7-29(30)33)20-26-17-23(2)9-11-31(26)36;1-12-8-13-9-19(10-15(13)21-11-12)14-6-5-7-20-16(14)22(17(19)23)18(2,3)4;1-12-9-13(2)16(21-11-12)10-15-14-7-6-8-20-17(14)22(18(15)23)19(3,4)5;;;/h4-13,15,17-18,24-25,34-35,40H,1,14,16,19-22H2,2-3H3;5-8,11H,9-10H2,1-4H3;6-9,11,15H,2,10H2,1,3-5H3;2*1H;/q+2;;-1;;;/p-2/t24-,25?,34-,35+,39?;19-;;;;/m11..../s1. The molecule has 0 saturated carbocycles. The van der Waals surface area contributed by atoms with Crippen LogP contribution in [-0.2, 0) is 80.1 Å². The summed E-state index contributed by atoms with van der Waals surface area (Å²) in [7, 11) is 1.72. The fourth-order valence-corrected chi connectivity index (χ4v) is 15.3. The number of pyridine rings is 5. The molecule has 1 radical (unpaired) electrons. The number of para-hydroxylation sites is 1. The number of aromatic nitrogens is 5. The molecule has 12 nitrogen and oxygen atoms in total. The minimum absolute atomic E-state index is 0. The van der Waals surface area contributed by atoms with Gasteiger partial charge in [-0.3, -0.25) is 24.4 Å². The van der Waals surface area contributed by atoms with Gasteiger partial charge in [0.2, 0.25) is 17.3 Å². The Bertz CT molecular complexity index is 3980. The van der Waals surface area contributed by atoms with Crippen LogP contribution < -0.4 is 53.1 Å². The van der Waals surface area contributed by atoms with Crippen LogP contribution in [0.15, 0.2) is 156 Å². The van der Waals surface area contributed by atoms with Crippen LogP contribution in [-0.4, -0.2) is 78.7 Å². The van der Waals surface area contributed by atoms with Crippen molar-refractivity contribution >= 4 is 66.2 Å². The van der Waals surface area contributed by atoms with Crippen LogP contribution in [0.3, 0.4) is 0 Å². The van der Waals surface area contributed by atoms with E-state index in [1.165, 1.54) is 28.7 Å². The molecule has 3 fully saturated rings. The first-order chi connectivity index (χ1) is 41.4. The van der Waals surface area contributed by atoms with Gasteiger partial charge in [-0.05, 0) is 141 Å². The normalized spacial score (nSPS) is 21.3. The van der Waals surface area contributed by atoms with Crippen molar-refractivity contribution in [3.8, 4) is 5.75 Å². The van der Waals surface area contributed by atoms with E-state index < -0.39 is 11.5 Å². The molecule has 6 aliphatic rings. The zero-order chi connectivity index (χ0) is 61.9. The molecule has 8 aromatic rings. The van der Waals surface area contributed by atoms with E-state index in [-0.39, 0.29) is 102 Å². The van der Waals surface area contributed by atoms with Crippen molar-refractivity contribution in [3.63, 3.8) is 0 Å². The van der Waals surface area contributed by atoms with Crippen molar-refractivity contribution in [2.45, 2.75) is 142 Å². The number of aryl methyl sites for hydroxylation is 3. The van der Waals surface area contributed by atoms with Crippen LogP contribution in [0.25, 0.3) is 10.9 Å². The van der Waals surface area contributed by atoms with Crippen molar-refractivity contribution in [3.05, 3.63) is 230 Å². The Morgan fingerprint density at radius 1 is 0.811 bits per heavy atom. The molecule has 5 aromatic heterocycles. The number of aliphatic hydroxyl groups is 1. The molecule has 7 atom stereocenters. The van der Waals surface area contributed by atoms with Gasteiger partial charge in [0.15, 0.2) is 12.7 Å². The van der Waals surface area contributed by atoms with Crippen molar-refractivity contribution in [1.29, 1.82) is 0 Å². The van der Waals surface area contributed by atoms with E-state index in [2.05, 4.69) is 183 Å². The van der Waals surface area contributed by atoms with Crippen LogP contribution in [0.2, 0.25) is 0 Å². The SMILES string of the molecule is C=C[C@@H]1C[N+]2(Cc3cc(OC)ccc3Br)CCC1C[C@@H]2[C@@H](O)c1cc[n+](Cc2cc(C)ccc2Br)c2ccccc12.Cc1cnc2c(c1)C[C@]1(C2)C(=O)N(C(C)(C)C)c2ncccc21.[Br-].[Br-].[CH2-]c1cc(C)cnc1CC1C(=O)N(C(C)(C)C)c2ncccc21.[Y]. The van der Waals surface area contributed by atoms with E-state index in [4.69, 9.17) is 4.74 Å². The first-order valence-corrected chi connectivity index (χ1v) is 32.0. The number of carbonyl (C=O) groups excluding carboxylic acids is 2. The monoisotopic (exact) mass is 1540 g/mol. The second-order valence-electron chi connectivity index (χ2n) is 26.8. The molecule has 1 spiro atoms. The number of halogens is 4. The Morgan fingerprint density at radius 3 is 2.20 bits per heavy atom. The Morgan fingerprint density at radius 2 is 1.49 bits per heavy atom. The fourth-order valence-electron chi connectivity index (χ4n) is 14.6. The molecule has 2 amide bonds. The van der Waals surface area contributed by atoms with Gasteiger partial charge in [-0.25, -0.2) is 9.97 Å². The van der Waals surface area contributed by atoms with Crippen LogP contribution in [0.5, 0.6) is 5.75 Å². The Labute approximate surface area is 595 Å². The van der Waals surface area contributed by atoms with Crippen LogP contribution in [0, 0.1) is 39.5 Å². The van der Waals surface area contributed by atoms with Crippen LogP contribution in [0.4, 0.5) is 11.6 Å². The first-order valence-electron chi connectivity index (χ1n) is 30.4. The summed E-state index contributed by atoms with van der Waals surface area (Å²) in [6.07, 6.45) is 15.1. The van der Waals surface area contributed by atoms with Gasteiger partial charge in [-0.2, -0.15) is 23.1 Å². The van der Waals surface area contributed by atoms with Crippen molar-refractivity contribution in [2.75, 3.05) is 30.0 Å². The Balaban J connectivity index is 0.000000183. The summed E-state index contributed by atoms with van der Waals surface area (Å²) in [5, 5.41) is 13.4. The van der Waals surface area contributed by atoms with Crippen molar-refractivity contribution < 1.29 is 95.2 Å². The summed E-state index contributed by atoms with van der Waals surface area (Å²) in [5.74, 6) is 3.50. The molecule has 90 heavy (non-hydrogen) atoms. The number of piperidine rings is 3. The Kier molecular flexibility index (Phi) is 22.3.